The van der Waals surface area contributed by atoms with Crippen molar-refractivity contribution < 1.29 is 4.74 Å². The van der Waals surface area contributed by atoms with Gasteiger partial charge >= 0.3 is 0 Å². The van der Waals surface area contributed by atoms with Crippen molar-refractivity contribution in [3.63, 3.8) is 0 Å². The van der Waals surface area contributed by atoms with Crippen molar-refractivity contribution in [2.45, 2.75) is 18.4 Å². The number of nitriles is 1. The molecule has 2 unspecified atom stereocenters. The molecule has 1 heterocycles. The fourth-order valence-corrected chi connectivity index (χ4v) is 3.13. The Morgan fingerprint density at radius 3 is 2.81 bits per heavy atom. The number of hydrogen-bond acceptors (Lipinski definition) is 4. The van der Waals surface area contributed by atoms with Crippen LogP contribution in [0.3, 0.4) is 0 Å². The van der Waals surface area contributed by atoms with Crippen LogP contribution in [0.2, 0.25) is 0 Å². The van der Waals surface area contributed by atoms with Gasteiger partial charge in [0.15, 0.2) is 0 Å². The molecule has 0 spiro atoms. The second-order valence-corrected chi connectivity index (χ2v) is 5.79. The molecule has 1 aliphatic heterocycles. The molecule has 1 N–H and O–H groups in total. The van der Waals surface area contributed by atoms with E-state index < -0.39 is 5.54 Å². The lowest BCUT2D eigenvalue weighted by molar-refractivity contribution is 0.152. The molecular weight excluding hydrogens is 262 g/mol. The summed E-state index contributed by atoms with van der Waals surface area (Å²) in [4.78, 5) is 2.44. The highest BCUT2D eigenvalue weighted by molar-refractivity contribution is 5.31. The zero-order valence-corrected chi connectivity index (χ0v) is 13.0. The summed E-state index contributed by atoms with van der Waals surface area (Å²) in [6, 6.07) is 12.5. The van der Waals surface area contributed by atoms with E-state index in [0.717, 1.165) is 38.2 Å². The summed E-state index contributed by atoms with van der Waals surface area (Å²) in [5.41, 5.74) is 0.447. The second kappa shape index (κ2) is 7.56. The summed E-state index contributed by atoms with van der Waals surface area (Å²) in [5.74, 6) is 0.637. The third-order valence-corrected chi connectivity index (χ3v) is 4.46. The Kier molecular flexibility index (Phi) is 5.75. The van der Waals surface area contributed by atoms with Gasteiger partial charge in [-0.2, -0.15) is 5.26 Å². The monoisotopic (exact) mass is 287 g/mol. The SMILES string of the molecule is CNC(C#N)(CCN1CCC(COC)C1)c1ccccc1. The van der Waals surface area contributed by atoms with E-state index in [1.165, 1.54) is 6.42 Å². The first-order valence-electron chi connectivity index (χ1n) is 7.61. The lowest BCUT2D eigenvalue weighted by Crippen LogP contribution is -2.41. The molecule has 21 heavy (non-hydrogen) atoms. The molecule has 1 aromatic carbocycles. The van der Waals surface area contributed by atoms with Gasteiger partial charge in [0.25, 0.3) is 0 Å². The number of benzene rings is 1. The van der Waals surface area contributed by atoms with Crippen molar-refractivity contribution in [3.05, 3.63) is 35.9 Å². The van der Waals surface area contributed by atoms with Gasteiger partial charge < -0.3 is 9.64 Å². The number of rotatable bonds is 7. The highest BCUT2D eigenvalue weighted by atomic mass is 16.5. The average Bonchev–Trinajstić information content (AvgIpc) is 2.98. The normalized spacial score (nSPS) is 21.9. The largest absolute Gasteiger partial charge is 0.384 e. The van der Waals surface area contributed by atoms with E-state index in [4.69, 9.17) is 4.74 Å². The number of likely N-dealkylation sites (tertiary alicyclic amines) is 1. The molecule has 0 saturated carbocycles. The number of nitrogens with one attached hydrogen (secondary N) is 1. The third kappa shape index (κ3) is 3.82. The highest BCUT2D eigenvalue weighted by Crippen LogP contribution is 2.26. The molecule has 0 amide bonds. The van der Waals surface area contributed by atoms with Gasteiger partial charge in [0, 0.05) is 20.2 Å². The van der Waals surface area contributed by atoms with Crippen LogP contribution in [-0.2, 0) is 10.3 Å². The molecular formula is C17H25N3O. The Labute approximate surface area is 127 Å². The zero-order valence-electron chi connectivity index (χ0n) is 13.0. The quantitative estimate of drug-likeness (QED) is 0.833. The van der Waals surface area contributed by atoms with Crippen molar-refractivity contribution in [3.8, 4) is 6.07 Å². The number of hydrogen-bond donors (Lipinski definition) is 1. The molecule has 1 aliphatic rings. The van der Waals surface area contributed by atoms with Crippen LogP contribution < -0.4 is 5.32 Å². The Balaban J connectivity index is 1.97. The van der Waals surface area contributed by atoms with Gasteiger partial charge in [-0.1, -0.05) is 30.3 Å². The number of methoxy groups -OCH3 is 1. The Hall–Kier alpha value is -1.41. The molecule has 1 fully saturated rings. The summed E-state index contributed by atoms with van der Waals surface area (Å²) in [5, 5.41) is 12.9. The van der Waals surface area contributed by atoms with Crippen LogP contribution in [0, 0.1) is 17.2 Å². The maximum atomic E-state index is 9.69. The fourth-order valence-electron chi connectivity index (χ4n) is 3.13. The van der Waals surface area contributed by atoms with Crippen molar-refractivity contribution in [2.75, 3.05) is 40.4 Å². The maximum Gasteiger partial charge on any atom is 0.133 e. The predicted octanol–water partition coefficient (Wildman–Crippen LogP) is 1.98. The lowest BCUT2D eigenvalue weighted by Gasteiger charge is -2.29. The van der Waals surface area contributed by atoms with E-state index in [-0.39, 0.29) is 0 Å². The first-order chi connectivity index (χ1) is 10.2. The van der Waals surface area contributed by atoms with Gasteiger partial charge in [0.2, 0.25) is 0 Å². The molecule has 2 atom stereocenters. The van der Waals surface area contributed by atoms with E-state index in [0.29, 0.717) is 5.92 Å². The highest BCUT2D eigenvalue weighted by Gasteiger charge is 2.32. The summed E-state index contributed by atoms with van der Waals surface area (Å²) < 4.78 is 5.24. The molecule has 0 aliphatic carbocycles. The topological polar surface area (TPSA) is 48.3 Å². The van der Waals surface area contributed by atoms with Crippen molar-refractivity contribution in [1.29, 1.82) is 5.26 Å². The Morgan fingerprint density at radius 2 is 2.19 bits per heavy atom. The molecule has 0 radical (unpaired) electrons. The fraction of sp³-hybridized carbons (Fsp3) is 0.588. The summed E-state index contributed by atoms with van der Waals surface area (Å²) in [6.45, 7) is 3.95. The minimum Gasteiger partial charge on any atom is -0.384 e. The van der Waals surface area contributed by atoms with Gasteiger partial charge in [-0.15, -0.1) is 0 Å². The summed E-state index contributed by atoms with van der Waals surface area (Å²) in [7, 11) is 3.63. The van der Waals surface area contributed by atoms with Gasteiger partial charge in [0.1, 0.15) is 5.54 Å². The first-order valence-corrected chi connectivity index (χ1v) is 7.61. The van der Waals surface area contributed by atoms with Crippen LogP contribution in [0.5, 0.6) is 0 Å². The molecule has 1 saturated heterocycles. The van der Waals surface area contributed by atoms with Crippen LogP contribution in [0.1, 0.15) is 18.4 Å². The first kappa shape index (κ1) is 16.0. The predicted molar refractivity (Wildman–Crippen MR) is 83.8 cm³/mol. The number of ether oxygens (including phenoxy) is 1. The van der Waals surface area contributed by atoms with E-state index >= 15 is 0 Å². The summed E-state index contributed by atoms with van der Waals surface area (Å²) in [6.07, 6.45) is 1.99. The molecule has 114 valence electrons. The van der Waals surface area contributed by atoms with Gasteiger partial charge in [-0.05, 0) is 37.9 Å². The molecule has 4 nitrogen and oxygen atoms in total. The molecule has 2 rings (SSSR count). The number of nitrogens with zero attached hydrogens (tertiary/aromatic N) is 2. The van der Waals surface area contributed by atoms with Crippen LogP contribution in [0.15, 0.2) is 30.3 Å². The van der Waals surface area contributed by atoms with Gasteiger partial charge in [-0.3, -0.25) is 5.32 Å². The van der Waals surface area contributed by atoms with Gasteiger partial charge in [0.05, 0.1) is 12.7 Å². The summed E-state index contributed by atoms with van der Waals surface area (Å²) >= 11 is 0. The minimum absolute atomic E-state index is 0.597. The van der Waals surface area contributed by atoms with E-state index in [9.17, 15) is 5.26 Å². The van der Waals surface area contributed by atoms with Crippen LogP contribution in [0.4, 0.5) is 0 Å². The van der Waals surface area contributed by atoms with Crippen LogP contribution in [-0.4, -0.2) is 45.3 Å². The third-order valence-electron chi connectivity index (χ3n) is 4.46. The van der Waals surface area contributed by atoms with E-state index in [1.54, 1.807) is 7.11 Å². The minimum atomic E-state index is -0.597. The Bertz CT molecular complexity index is 471. The van der Waals surface area contributed by atoms with Crippen molar-refractivity contribution >= 4 is 0 Å². The maximum absolute atomic E-state index is 9.69. The smallest absolute Gasteiger partial charge is 0.133 e. The van der Waals surface area contributed by atoms with Gasteiger partial charge in [-0.25, -0.2) is 0 Å². The van der Waals surface area contributed by atoms with Crippen LogP contribution >= 0.6 is 0 Å². The van der Waals surface area contributed by atoms with E-state index in [1.807, 2.05) is 37.4 Å². The molecule has 0 aromatic heterocycles. The molecule has 1 aromatic rings. The molecule has 0 bridgehead atoms. The van der Waals surface area contributed by atoms with E-state index in [2.05, 4.69) is 16.3 Å². The van der Waals surface area contributed by atoms with Crippen molar-refractivity contribution in [1.82, 2.24) is 10.2 Å². The lowest BCUT2D eigenvalue weighted by atomic mass is 9.88. The zero-order chi connectivity index (χ0) is 15.1. The van der Waals surface area contributed by atoms with Crippen LogP contribution in [0.25, 0.3) is 0 Å². The second-order valence-electron chi connectivity index (χ2n) is 5.79. The Morgan fingerprint density at radius 1 is 1.43 bits per heavy atom. The van der Waals surface area contributed by atoms with Crippen molar-refractivity contribution in [2.24, 2.45) is 5.92 Å². The average molecular weight is 287 g/mol. The standard InChI is InChI=1S/C17H25N3O/c1-19-17(14-18,16-6-4-3-5-7-16)9-11-20-10-8-15(12-20)13-21-2/h3-7,15,19H,8-13H2,1-2H3. The molecule has 4 heteroatoms.